The zero-order valence-electron chi connectivity index (χ0n) is 15.2. The number of nitro benzene ring substituents is 1. The van der Waals surface area contributed by atoms with Crippen LogP contribution in [0, 0.1) is 10.1 Å². The van der Waals surface area contributed by atoms with Crippen LogP contribution in [0.4, 0.5) is 5.69 Å². The van der Waals surface area contributed by atoms with E-state index in [9.17, 15) is 14.9 Å². The molecule has 0 aliphatic carbocycles. The molecule has 144 valence electrons. The summed E-state index contributed by atoms with van der Waals surface area (Å²) in [5, 5.41) is 11.1. The minimum Gasteiger partial charge on any atom is -0.329 e. The molecule has 0 saturated heterocycles. The van der Waals surface area contributed by atoms with Crippen LogP contribution in [-0.2, 0) is 17.8 Å². The van der Waals surface area contributed by atoms with Crippen molar-refractivity contribution in [1.82, 2.24) is 4.90 Å². The quantitative estimate of drug-likeness (QED) is 0.568. The topological polar surface area (TPSA) is 88.2 Å². The second kappa shape index (κ2) is 7.81. The van der Waals surface area contributed by atoms with Gasteiger partial charge in [-0.15, -0.1) is 0 Å². The Kier molecular flexibility index (Phi) is 5.05. The van der Waals surface area contributed by atoms with Gasteiger partial charge in [-0.2, -0.15) is 4.99 Å². The van der Waals surface area contributed by atoms with Crippen molar-refractivity contribution in [2.75, 3.05) is 0 Å². The zero-order chi connectivity index (χ0) is 20.4. The first-order chi connectivity index (χ1) is 14.0. The highest BCUT2D eigenvalue weighted by molar-refractivity contribution is 6.32. The van der Waals surface area contributed by atoms with Crippen LogP contribution in [-0.4, -0.2) is 27.4 Å². The van der Waals surface area contributed by atoms with E-state index in [-0.39, 0.29) is 17.1 Å². The van der Waals surface area contributed by atoms with Gasteiger partial charge in [0, 0.05) is 24.4 Å². The number of allylic oxidation sites excluding steroid dienone is 2. The highest BCUT2D eigenvalue weighted by atomic mass is 35.5. The van der Waals surface area contributed by atoms with Crippen molar-refractivity contribution in [3.63, 3.8) is 0 Å². The van der Waals surface area contributed by atoms with Crippen LogP contribution in [0.5, 0.6) is 0 Å². The van der Waals surface area contributed by atoms with Gasteiger partial charge < -0.3 is 4.90 Å². The number of benzene rings is 2. The molecule has 2 aromatic rings. The predicted octanol–water partition coefficient (Wildman–Crippen LogP) is 4.06. The molecule has 0 N–H and O–H groups in total. The summed E-state index contributed by atoms with van der Waals surface area (Å²) in [6.45, 7) is 0.617. The van der Waals surface area contributed by atoms with Gasteiger partial charge in [0.15, 0.2) is 5.84 Å². The van der Waals surface area contributed by atoms with Gasteiger partial charge in [-0.1, -0.05) is 48.0 Å². The number of nitrogens with zero attached hydrogens (tertiary/aromatic N) is 4. The van der Waals surface area contributed by atoms with Gasteiger partial charge in [0.1, 0.15) is 10.9 Å². The number of hydrogen-bond donors (Lipinski definition) is 0. The molecule has 0 radical (unpaired) electrons. The van der Waals surface area contributed by atoms with Crippen molar-refractivity contribution in [1.29, 1.82) is 0 Å². The molecule has 2 aliphatic rings. The van der Waals surface area contributed by atoms with Gasteiger partial charge >= 0.3 is 0 Å². The average Bonchev–Trinajstić information content (AvgIpc) is 2.85. The highest BCUT2D eigenvalue weighted by Crippen LogP contribution is 2.26. The molecule has 0 atom stereocenters. The van der Waals surface area contributed by atoms with E-state index in [4.69, 9.17) is 11.6 Å². The van der Waals surface area contributed by atoms with Gasteiger partial charge in [-0.25, -0.2) is 4.99 Å². The molecule has 0 spiro atoms. The molecule has 2 aliphatic heterocycles. The molecule has 4 rings (SSSR count). The van der Waals surface area contributed by atoms with Crippen LogP contribution in [0.3, 0.4) is 0 Å². The molecule has 1 amide bonds. The second-order valence-corrected chi connectivity index (χ2v) is 6.91. The first-order valence-corrected chi connectivity index (χ1v) is 9.22. The summed E-state index contributed by atoms with van der Waals surface area (Å²) in [7, 11) is 0. The third-order valence-electron chi connectivity index (χ3n) is 4.53. The summed E-state index contributed by atoms with van der Waals surface area (Å²) < 4.78 is 0. The van der Waals surface area contributed by atoms with Gasteiger partial charge in [0.05, 0.1) is 11.3 Å². The van der Waals surface area contributed by atoms with Crippen LogP contribution < -0.4 is 0 Å². The van der Waals surface area contributed by atoms with Crippen molar-refractivity contribution in [2.24, 2.45) is 9.98 Å². The summed E-state index contributed by atoms with van der Waals surface area (Å²) in [4.78, 5) is 33.9. The van der Waals surface area contributed by atoms with Gasteiger partial charge in [-0.3, -0.25) is 14.9 Å². The van der Waals surface area contributed by atoms with E-state index in [1.54, 1.807) is 6.07 Å². The Morgan fingerprint density at radius 1 is 1.24 bits per heavy atom. The lowest BCUT2D eigenvalue weighted by Crippen LogP contribution is -2.24. The molecule has 2 aromatic carbocycles. The maximum atomic E-state index is 12.6. The maximum Gasteiger partial charge on any atom is 0.288 e. The largest absolute Gasteiger partial charge is 0.329 e. The number of fused-ring (bicyclic) bond motifs is 2. The van der Waals surface area contributed by atoms with E-state index < -0.39 is 10.8 Å². The van der Waals surface area contributed by atoms with Gasteiger partial charge in [0.2, 0.25) is 0 Å². The minimum absolute atomic E-state index is 0.0267. The Morgan fingerprint density at radius 2 is 2.07 bits per heavy atom. The number of amides is 1. The van der Waals surface area contributed by atoms with Crippen LogP contribution in [0.2, 0.25) is 5.02 Å². The normalized spacial score (nSPS) is 16.1. The first kappa shape index (κ1) is 18.8. The SMILES string of the molecule is O=C(Cc1ccc(Cl)c([N+](=O)[O-])c1)N=C1N=C2C=CC=CN2Cc2ccccc21. The molecule has 0 aromatic heterocycles. The molecule has 8 heteroatoms. The lowest BCUT2D eigenvalue weighted by Gasteiger charge is -2.20. The average molecular weight is 407 g/mol. The lowest BCUT2D eigenvalue weighted by atomic mass is 10.1. The fourth-order valence-electron chi connectivity index (χ4n) is 3.16. The molecule has 2 heterocycles. The summed E-state index contributed by atoms with van der Waals surface area (Å²) in [6.07, 6.45) is 7.48. The fraction of sp³-hybridized carbons (Fsp3) is 0.0952. The number of nitro groups is 1. The minimum atomic E-state index is -0.576. The van der Waals surface area contributed by atoms with Crippen LogP contribution in [0.1, 0.15) is 16.7 Å². The standard InChI is InChI=1S/C21H15ClN4O3/c22-17-9-8-14(11-18(17)26(28)29)12-20(27)24-21-16-6-2-1-5-15(16)13-25-10-4-3-7-19(25)23-21/h1-11H,12-13H2. The lowest BCUT2D eigenvalue weighted by molar-refractivity contribution is -0.384. The number of rotatable bonds is 3. The number of aliphatic imine (C=N–C) groups is 2. The third kappa shape index (κ3) is 4.00. The van der Waals surface area contributed by atoms with E-state index in [0.29, 0.717) is 23.8 Å². The van der Waals surface area contributed by atoms with Crippen molar-refractivity contribution >= 4 is 34.9 Å². The Hall–Kier alpha value is -3.58. The molecule has 0 saturated carbocycles. The van der Waals surface area contributed by atoms with Gasteiger partial charge in [-0.05, 0) is 29.3 Å². The number of carbonyl (C=O) groups excluding carboxylic acids is 1. The predicted molar refractivity (Wildman–Crippen MR) is 111 cm³/mol. The smallest absolute Gasteiger partial charge is 0.288 e. The van der Waals surface area contributed by atoms with E-state index >= 15 is 0 Å². The Labute approximate surface area is 171 Å². The number of hydrogen-bond acceptors (Lipinski definition) is 4. The van der Waals surface area contributed by atoms with Crippen molar-refractivity contribution in [2.45, 2.75) is 13.0 Å². The maximum absolute atomic E-state index is 12.6. The Balaban J connectivity index is 1.68. The molecule has 0 unspecified atom stereocenters. The van der Waals surface area contributed by atoms with E-state index in [1.165, 1.54) is 12.1 Å². The van der Waals surface area contributed by atoms with E-state index in [1.807, 2.05) is 53.6 Å². The molecule has 0 bridgehead atoms. The summed E-state index contributed by atoms with van der Waals surface area (Å²) in [5.74, 6) is 0.573. The highest BCUT2D eigenvalue weighted by Gasteiger charge is 2.21. The first-order valence-electron chi connectivity index (χ1n) is 8.84. The third-order valence-corrected chi connectivity index (χ3v) is 4.85. The molecule has 7 nitrogen and oxygen atoms in total. The van der Waals surface area contributed by atoms with Crippen molar-refractivity contribution < 1.29 is 9.72 Å². The Morgan fingerprint density at radius 3 is 2.90 bits per heavy atom. The summed E-state index contributed by atoms with van der Waals surface area (Å²) in [6, 6.07) is 11.9. The van der Waals surface area contributed by atoms with Gasteiger partial charge in [0.25, 0.3) is 11.6 Å². The van der Waals surface area contributed by atoms with Crippen LogP contribution in [0.25, 0.3) is 0 Å². The molecule has 0 fully saturated rings. The molecular weight excluding hydrogens is 392 g/mol. The molecular formula is C21H15ClN4O3. The fourth-order valence-corrected chi connectivity index (χ4v) is 3.34. The van der Waals surface area contributed by atoms with Crippen LogP contribution in [0.15, 0.2) is 76.9 Å². The summed E-state index contributed by atoms with van der Waals surface area (Å²) >= 11 is 5.83. The number of halogens is 1. The van der Waals surface area contributed by atoms with E-state index in [2.05, 4.69) is 9.98 Å². The van der Waals surface area contributed by atoms with Crippen molar-refractivity contribution in [3.05, 3.63) is 98.7 Å². The zero-order valence-corrected chi connectivity index (χ0v) is 15.9. The Bertz CT molecular complexity index is 1130. The number of amidine groups is 2. The second-order valence-electron chi connectivity index (χ2n) is 6.50. The molecule has 29 heavy (non-hydrogen) atoms. The van der Waals surface area contributed by atoms with Crippen molar-refractivity contribution in [3.8, 4) is 0 Å². The monoisotopic (exact) mass is 406 g/mol. The summed E-state index contributed by atoms with van der Waals surface area (Å²) in [5.41, 5.74) is 2.01. The van der Waals surface area contributed by atoms with E-state index in [0.717, 1.165) is 11.1 Å². The van der Waals surface area contributed by atoms with Crippen LogP contribution >= 0.6 is 11.6 Å². The number of carbonyl (C=O) groups is 1.